The van der Waals surface area contributed by atoms with Crippen LogP contribution in [0.2, 0.25) is 0 Å². The highest BCUT2D eigenvalue weighted by Crippen LogP contribution is 2.40. The van der Waals surface area contributed by atoms with Crippen LogP contribution < -0.4 is 4.86 Å². The summed E-state index contributed by atoms with van der Waals surface area (Å²) in [5, 5.41) is 37.4. The van der Waals surface area contributed by atoms with Gasteiger partial charge in [0.1, 0.15) is 18.3 Å². The molecule has 1 aliphatic heterocycles. The van der Waals surface area contributed by atoms with E-state index in [0.717, 1.165) is 0 Å². The minimum absolute atomic E-state index is 0.195. The van der Waals surface area contributed by atoms with Crippen LogP contribution in [0, 0.1) is 0 Å². The van der Waals surface area contributed by atoms with Crippen LogP contribution >= 0.6 is 26.2 Å². The van der Waals surface area contributed by atoms with Crippen molar-refractivity contribution in [1.82, 2.24) is 4.86 Å². The Bertz CT molecular complexity index is 367. The number of rotatable bonds is 2. The summed E-state index contributed by atoms with van der Waals surface area (Å²) in [7, 11) is -0.0798. The molecule has 1 heterocycles. The van der Waals surface area contributed by atoms with E-state index in [9.17, 15) is 30.0 Å². The largest absolute Gasteiger partial charge is 0.387 e. The van der Waals surface area contributed by atoms with Gasteiger partial charge >= 0.3 is 0 Å². The summed E-state index contributed by atoms with van der Waals surface area (Å²) in [6, 6.07) is 0. The first kappa shape index (κ1) is 16.1. The average Bonchev–Trinajstić information content (AvgIpc) is 2.38. The lowest BCUT2D eigenvalue weighted by atomic mass is 10.0. The predicted octanol–water partition coefficient (Wildman–Crippen LogP) is -1.75. The minimum atomic E-state index is -2.27. The molecule has 0 aromatic heterocycles. The third-order valence-electron chi connectivity index (χ3n) is 2.04. The van der Waals surface area contributed by atoms with Gasteiger partial charge in [-0.2, -0.15) is 0 Å². The van der Waals surface area contributed by atoms with Gasteiger partial charge in [0.05, 0.1) is 8.52 Å². The second-order valence-corrected chi connectivity index (χ2v) is 6.33. The Morgan fingerprint density at radius 2 is 1.89 bits per heavy atom. The quantitative estimate of drug-likeness (QED) is 0.297. The van der Waals surface area contributed by atoms with Gasteiger partial charge < -0.3 is 24.9 Å². The molecule has 0 radical (unpaired) electrons. The van der Waals surface area contributed by atoms with Crippen molar-refractivity contribution in [2.24, 2.45) is 4.52 Å². The van der Waals surface area contributed by atoms with Crippen molar-refractivity contribution in [3.63, 3.8) is 0 Å². The zero-order valence-corrected chi connectivity index (χ0v) is 11.7. The van der Waals surface area contributed by atoms with Crippen molar-refractivity contribution in [1.29, 1.82) is 0 Å². The number of nitrogens with zero attached hydrogens (tertiary/aromatic N) is 1. The smallest absolute Gasteiger partial charge is 0.266 e. The van der Waals surface area contributed by atoms with Crippen molar-refractivity contribution in [2.75, 3.05) is 0 Å². The lowest BCUT2D eigenvalue weighted by Crippen LogP contribution is -2.52. The highest BCUT2D eigenvalue weighted by Gasteiger charge is 2.44. The summed E-state index contributed by atoms with van der Waals surface area (Å²) < 4.78 is 8.26. The summed E-state index contributed by atoms with van der Waals surface area (Å²) in [6.07, 6.45) is -7.93. The molecular weight excluding hydrogens is 305 g/mol. The van der Waals surface area contributed by atoms with Crippen LogP contribution in [0.25, 0.3) is 0 Å². The number of nitrogens with one attached hydrogen (secondary N) is 1. The molecule has 1 fully saturated rings. The van der Waals surface area contributed by atoms with Crippen molar-refractivity contribution < 1.29 is 34.5 Å². The summed E-state index contributed by atoms with van der Waals surface area (Å²) in [5.74, 6) is -1.30. The third kappa shape index (κ3) is 3.54. The Morgan fingerprint density at radius 1 is 1.28 bits per heavy atom. The highest BCUT2D eigenvalue weighted by molar-refractivity contribution is 7.76. The van der Waals surface area contributed by atoms with Crippen LogP contribution in [0.5, 0.6) is 0 Å². The van der Waals surface area contributed by atoms with Crippen LogP contribution in [0.15, 0.2) is 4.52 Å². The van der Waals surface area contributed by atoms with Crippen molar-refractivity contribution in [3.8, 4) is 0 Å². The molecule has 5 N–H and O–H groups in total. The Kier molecular flexibility index (Phi) is 6.27. The number of carbonyl (C=O) groups excluding carboxylic acids is 2. The first-order valence-corrected chi connectivity index (χ1v) is 7.15. The van der Waals surface area contributed by atoms with Gasteiger partial charge in [-0.25, -0.2) is 9.37 Å². The topological polar surface area (TPSA) is 149 Å². The zero-order valence-electron chi connectivity index (χ0n) is 8.74. The predicted molar refractivity (Wildman–Crippen MR) is 64.2 cm³/mol. The molecule has 1 saturated heterocycles. The van der Waals surface area contributed by atoms with Gasteiger partial charge in [0, 0.05) is 0 Å². The average molecular weight is 316 g/mol. The van der Waals surface area contributed by atoms with Gasteiger partial charge in [0.15, 0.2) is 14.6 Å². The fraction of sp³-hybridized carbons (Fsp3) is 0.667. The lowest BCUT2D eigenvalue weighted by molar-refractivity contribution is -0.174. The number of aliphatic hydroxyl groups is 4. The van der Waals surface area contributed by atoms with E-state index < -0.39 is 44.2 Å². The molecule has 12 heteroatoms. The third-order valence-corrected chi connectivity index (χ3v) is 4.60. The van der Waals surface area contributed by atoms with Gasteiger partial charge in [-0.15, -0.1) is 0 Å². The van der Waals surface area contributed by atoms with E-state index >= 15 is 0 Å². The molecular formula is C6H11N2O7P3. The Labute approximate surface area is 107 Å². The summed E-state index contributed by atoms with van der Waals surface area (Å²) in [4.78, 5) is 25.4. The van der Waals surface area contributed by atoms with E-state index in [2.05, 4.69) is 9.37 Å². The maximum absolute atomic E-state index is 11.6. The molecule has 0 aliphatic carbocycles. The molecule has 0 aromatic rings. The monoisotopic (exact) mass is 316 g/mol. The molecule has 0 aromatic carbocycles. The van der Waals surface area contributed by atoms with E-state index in [1.807, 2.05) is 9.39 Å². The molecule has 6 unspecified atom stereocenters. The first-order valence-electron chi connectivity index (χ1n) is 4.53. The van der Waals surface area contributed by atoms with Crippen LogP contribution in [-0.2, 0) is 14.1 Å². The fourth-order valence-electron chi connectivity index (χ4n) is 1.09. The molecule has 6 atom stereocenters. The minimum Gasteiger partial charge on any atom is -0.387 e. The molecule has 1 aliphatic rings. The van der Waals surface area contributed by atoms with E-state index in [0.29, 0.717) is 0 Å². The number of carbonyl (C=O) groups is 2. The maximum atomic E-state index is 11.6. The van der Waals surface area contributed by atoms with Gasteiger partial charge in [-0.3, -0.25) is 9.59 Å². The second kappa shape index (κ2) is 7.01. The zero-order chi connectivity index (χ0) is 13.9. The molecule has 102 valence electrons. The number of Topliss-reactive ketones (excluding diaryl/α,β-unsaturated/α-hetero) is 1. The molecule has 1 rings (SSSR count). The van der Waals surface area contributed by atoms with Gasteiger partial charge in [-0.1, -0.05) is 0 Å². The Morgan fingerprint density at radius 3 is 2.44 bits per heavy atom. The maximum Gasteiger partial charge on any atom is 0.266 e. The summed E-state index contributed by atoms with van der Waals surface area (Å²) in [5.41, 5.74) is -1.12. The van der Waals surface area contributed by atoms with E-state index in [1.165, 1.54) is 0 Å². The molecule has 0 bridgehead atoms. The van der Waals surface area contributed by atoms with E-state index in [1.54, 1.807) is 0 Å². The molecule has 0 spiro atoms. The van der Waals surface area contributed by atoms with Crippen molar-refractivity contribution in [3.05, 3.63) is 0 Å². The van der Waals surface area contributed by atoms with Crippen molar-refractivity contribution >= 4 is 37.5 Å². The van der Waals surface area contributed by atoms with Crippen LogP contribution in [0.1, 0.15) is 0 Å². The number of hydrogen-bond acceptors (Lipinski definition) is 8. The SMILES string of the molecule is O=C1C(=O)P(NP=NP)OC(O)C(O)C(O)C1O. The van der Waals surface area contributed by atoms with Crippen LogP contribution in [0.3, 0.4) is 0 Å². The van der Waals surface area contributed by atoms with Gasteiger partial charge in [-0.05, 0) is 9.39 Å². The first-order chi connectivity index (χ1) is 8.40. The lowest BCUT2D eigenvalue weighted by Gasteiger charge is -2.30. The number of ketones is 1. The summed E-state index contributed by atoms with van der Waals surface area (Å²) in [6.45, 7) is 0. The molecule has 9 nitrogen and oxygen atoms in total. The summed E-state index contributed by atoms with van der Waals surface area (Å²) >= 11 is 0. The molecule has 0 saturated carbocycles. The van der Waals surface area contributed by atoms with Gasteiger partial charge in [0.25, 0.3) is 5.52 Å². The van der Waals surface area contributed by atoms with E-state index in [4.69, 9.17) is 4.52 Å². The normalized spacial score (nSPS) is 38.8. The van der Waals surface area contributed by atoms with Crippen molar-refractivity contribution in [2.45, 2.75) is 24.6 Å². The fourth-order valence-corrected chi connectivity index (χ4v) is 3.41. The Hall–Kier alpha value is 0.0600. The van der Waals surface area contributed by atoms with Crippen LogP contribution in [-0.4, -0.2) is 56.3 Å². The second-order valence-electron chi connectivity index (χ2n) is 3.20. The van der Waals surface area contributed by atoms with E-state index in [-0.39, 0.29) is 8.52 Å². The number of aliphatic hydroxyl groups excluding tert-OH is 4. The van der Waals surface area contributed by atoms with Crippen LogP contribution in [0.4, 0.5) is 0 Å². The highest BCUT2D eigenvalue weighted by atomic mass is 31.2. The molecule has 0 amide bonds. The Balaban J connectivity index is 2.96. The molecule has 18 heavy (non-hydrogen) atoms. The number of hydrogen-bond donors (Lipinski definition) is 5. The standard InChI is InChI=1S/C6H11N2O7P3/c9-1-2(10)4(12)6(14)18(8-17-7-16)15-5(13)3(1)11/h1-3,5,9-11,13H,16H2,(H,7,8). The van der Waals surface area contributed by atoms with Gasteiger partial charge in [0.2, 0.25) is 5.78 Å².